The van der Waals surface area contributed by atoms with E-state index in [1.165, 1.54) is 4.31 Å². The minimum atomic E-state index is -3.81. The molecule has 1 saturated heterocycles. The van der Waals surface area contributed by atoms with Crippen LogP contribution in [0.25, 0.3) is 0 Å². The van der Waals surface area contributed by atoms with Crippen LogP contribution < -0.4 is 10.6 Å². The Bertz CT molecular complexity index is 799. The minimum absolute atomic E-state index is 0.0981. The molecule has 0 spiro atoms. The number of rotatable bonds is 5. The summed E-state index contributed by atoms with van der Waals surface area (Å²) in [7, 11) is -3.81. The lowest BCUT2D eigenvalue weighted by molar-refractivity contribution is -0.140. The Morgan fingerprint density at radius 3 is 2.33 bits per heavy atom. The van der Waals surface area contributed by atoms with Crippen molar-refractivity contribution in [3.63, 3.8) is 0 Å². The number of aryl methyl sites for hydroxylation is 3. The van der Waals surface area contributed by atoms with Crippen LogP contribution in [0.2, 0.25) is 0 Å². The van der Waals surface area contributed by atoms with Crippen molar-refractivity contribution < 1.29 is 22.7 Å². The van der Waals surface area contributed by atoms with Crippen molar-refractivity contribution in [1.29, 1.82) is 0 Å². The van der Waals surface area contributed by atoms with Crippen LogP contribution in [-0.2, 0) is 24.3 Å². The van der Waals surface area contributed by atoms with E-state index < -0.39 is 28.1 Å². The Morgan fingerprint density at radius 2 is 1.74 bits per heavy atom. The van der Waals surface area contributed by atoms with Crippen LogP contribution in [0, 0.1) is 20.8 Å². The van der Waals surface area contributed by atoms with Crippen LogP contribution in [-0.4, -0.2) is 57.0 Å². The molecule has 0 bridgehead atoms. The second kappa shape index (κ2) is 8.81. The molecule has 2 rings (SSSR count). The molecule has 0 radical (unpaired) electrons. The fourth-order valence-corrected chi connectivity index (χ4v) is 5.28. The van der Waals surface area contributed by atoms with E-state index in [9.17, 15) is 18.0 Å². The number of sulfonamides is 1. The first-order chi connectivity index (χ1) is 12.7. The molecule has 1 aromatic carbocycles. The van der Waals surface area contributed by atoms with E-state index in [-0.39, 0.29) is 18.0 Å². The van der Waals surface area contributed by atoms with Crippen LogP contribution in [0.15, 0.2) is 17.0 Å². The second-order valence-corrected chi connectivity index (χ2v) is 8.42. The lowest BCUT2D eigenvalue weighted by atomic mass is 10.1. The number of ether oxygens (including phenoxy) is 1. The molecule has 0 aliphatic carbocycles. The lowest BCUT2D eigenvalue weighted by Gasteiger charge is -2.35. The normalized spacial score (nSPS) is 18.1. The Labute approximate surface area is 160 Å². The Balaban J connectivity index is 2.24. The maximum Gasteiger partial charge on any atom is 0.309 e. The maximum absolute atomic E-state index is 13.3. The van der Waals surface area contributed by atoms with Gasteiger partial charge in [0.25, 0.3) is 0 Å². The molecule has 27 heavy (non-hydrogen) atoms. The van der Waals surface area contributed by atoms with Crippen LogP contribution in [0.4, 0.5) is 0 Å². The first-order valence-electron chi connectivity index (χ1n) is 8.95. The second-order valence-electron chi connectivity index (χ2n) is 6.59. The average Bonchev–Trinajstić information content (AvgIpc) is 2.58. The van der Waals surface area contributed by atoms with Gasteiger partial charge in [0.05, 0.1) is 18.0 Å². The van der Waals surface area contributed by atoms with Gasteiger partial charge >= 0.3 is 11.8 Å². The molecule has 0 saturated carbocycles. The zero-order valence-electron chi connectivity index (χ0n) is 16.2. The number of nitrogens with zero attached hydrogens (tertiary/aromatic N) is 1. The summed E-state index contributed by atoms with van der Waals surface area (Å²) in [4.78, 5) is 23.6. The first kappa shape index (κ1) is 21.3. The van der Waals surface area contributed by atoms with E-state index in [4.69, 9.17) is 4.74 Å². The highest BCUT2D eigenvalue weighted by atomic mass is 32.2. The molecule has 1 fully saturated rings. The van der Waals surface area contributed by atoms with E-state index >= 15 is 0 Å². The van der Waals surface area contributed by atoms with Gasteiger partial charge in [-0.25, -0.2) is 8.42 Å². The van der Waals surface area contributed by atoms with Gasteiger partial charge in [-0.05, 0) is 45.2 Å². The summed E-state index contributed by atoms with van der Waals surface area (Å²) in [6.07, 6.45) is -0.300. The molecule has 9 heteroatoms. The standard InChI is InChI=1S/C18H27N3O5S/c1-5-19-17(22)18(23)20-11-15-21(7-6-8-26-15)27(24,25)16-13(3)9-12(2)10-14(16)4/h9-10,15H,5-8,11H2,1-4H3,(H,19,22)(H,20,23)/t15-/m0/s1. The van der Waals surface area contributed by atoms with E-state index in [0.29, 0.717) is 30.7 Å². The Hall–Kier alpha value is -1.97. The largest absolute Gasteiger partial charge is 0.360 e. The molecule has 2 amide bonds. The smallest absolute Gasteiger partial charge is 0.309 e. The van der Waals surface area contributed by atoms with E-state index in [1.807, 2.05) is 19.1 Å². The quantitative estimate of drug-likeness (QED) is 0.708. The van der Waals surface area contributed by atoms with Crippen molar-refractivity contribution in [2.75, 3.05) is 26.2 Å². The van der Waals surface area contributed by atoms with Gasteiger partial charge in [0, 0.05) is 13.1 Å². The summed E-state index contributed by atoms with van der Waals surface area (Å²) in [5.74, 6) is -1.57. The zero-order valence-corrected chi connectivity index (χ0v) is 17.0. The van der Waals surface area contributed by atoms with Crippen molar-refractivity contribution in [3.8, 4) is 0 Å². The van der Waals surface area contributed by atoms with Gasteiger partial charge in [-0.2, -0.15) is 4.31 Å². The van der Waals surface area contributed by atoms with Gasteiger partial charge in [-0.1, -0.05) is 17.7 Å². The van der Waals surface area contributed by atoms with Crippen molar-refractivity contribution in [2.45, 2.75) is 45.2 Å². The number of carbonyl (C=O) groups excluding carboxylic acids is 2. The summed E-state index contributed by atoms with van der Waals surface area (Å²) in [5.41, 5.74) is 2.33. The monoisotopic (exact) mass is 397 g/mol. The van der Waals surface area contributed by atoms with Gasteiger partial charge in [-0.3, -0.25) is 9.59 Å². The minimum Gasteiger partial charge on any atom is -0.360 e. The topological polar surface area (TPSA) is 105 Å². The molecule has 1 aromatic rings. The highest BCUT2D eigenvalue weighted by molar-refractivity contribution is 7.89. The molecule has 2 N–H and O–H groups in total. The van der Waals surface area contributed by atoms with Crippen molar-refractivity contribution in [1.82, 2.24) is 14.9 Å². The predicted octanol–water partition coefficient (Wildman–Crippen LogP) is 0.601. The Morgan fingerprint density at radius 1 is 1.15 bits per heavy atom. The van der Waals surface area contributed by atoms with Gasteiger partial charge < -0.3 is 15.4 Å². The van der Waals surface area contributed by atoms with Crippen molar-refractivity contribution >= 4 is 21.8 Å². The molecule has 1 atom stereocenters. The summed E-state index contributed by atoms with van der Waals surface area (Å²) >= 11 is 0. The summed E-state index contributed by atoms with van der Waals surface area (Å²) in [6, 6.07) is 3.66. The summed E-state index contributed by atoms with van der Waals surface area (Å²) < 4.78 is 33.4. The third-order valence-corrected chi connectivity index (χ3v) is 6.50. The third-order valence-electron chi connectivity index (χ3n) is 4.31. The van der Waals surface area contributed by atoms with E-state index in [2.05, 4.69) is 10.6 Å². The number of amides is 2. The highest BCUT2D eigenvalue weighted by Crippen LogP contribution is 2.28. The van der Waals surface area contributed by atoms with E-state index in [1.54, 1.807) is 20.8 Å². The summed E-state index contributed by atoms with van der Waals surface area (Å²) in [5, 5.41) is 4.84. The average molecular weight is 397 g/mol. The predicted molar refractivity (Wildman–Crippen MR) is 101 cm³/mol. The van der Waals surface area contributed by atoms with Gasteiger partial charge in [0.15, 0.2) is 0 Å². The zero-order chi connectivity index (χ0) is 20.2. The number of carbonyl (C=O) groups is 2. The number of hydrogen-bond acceptors (Lipinski definition) is 5. The molecule has 1 heterocycles. The summed E-state index contributed by atoms with van der Waals surface area (Å²) in [6.45, 7) is 8.07. The molecule has 0 aromatic heterocycles. The molecular weight excluding hydrogens is 370 g/mol. The van der Waals surface area contributed by atoms with Crippen LogP contribution in [0.3, 0.4) is 0 Å². The van der Waals surface area contributed by atoms with Crippen LogP contribution in [0.5, 0.6) is 0 Å². The molecular formula is C18H27N3O5S. The fraction of sp³-hybridized carbons (Fsp3) is 0.556. The van der Waals surface area contributed by atoms with Crippen LogP contribution >= 0.6 is 0 Å². The number of benzene rings is 1. The third kappa shape index (κ3) is 4.85. The van der Waals surface area contributed by atoms with Gasteiger partial charge in [0.1, 0.15) is 6.23 Å². The van der Waals surface area contributed by atoms with Crippen LogP contribution in [0.1, 0.15) is 30.0 Å². The fourth-order valence-electron chi connectivity index (χ4n) is 3.29. The first-order valence-corrected chi connectivity index (χ1v) is 10.4. The number of nitrogens with one attached hydrogen (secondary N) is 2. The SMILES string of the molecule is CCNC(=O)C(=O)NC[C@@H]1OCCCN1S(=O)(=O)c1c(C)cc(C)cc1C. The molecule has 1 aliphatic rings. The number of likely N-dealkylation sites (N-methyl/N-ethyl adjacent to an activating group) is 1. The van der Waals surface area contributed by atoms with E-state index in [0.717, 1.165) is 5.56 Å². The molecule has 1 aliphatic heterocycles. The number of hydrogen-bond donors (Lipinski definition) is 2. The highest BCUT2D eigenvalue weighted by Gasteiger charge is 2.36. The lowest BCUT2D eigenvalue weighted by Crippen LogP contribution is -2.53. The van der Waals surface area contributed by atoms with Crippen molar-refractivity contribution in [3.05, 3.63) is 28.8 Å². The molecule has 0 unspecified atom stereocenters. The van der Waals surface area contributed by atoms with Gasteiger partial charge in [-0.15, -0.1) is 0 Å². The maximum atomic E-state index is 13.3. The van der Waals surface area contributed by atoms with Gasteiger partial charge in [0.2, 0.25) is 10.0 Å². The molecule has 150 valence electrons. The molecule has 8 nitrogen and oxygen atoms in total. The Kier molecular flexibility index (Phi) is 6.96. The van der Waals surface area contributed by atoms with Crippen molar-refractivity contribution in [2.24, 2.45) is 0 Å².